The van der Waals surface area contributed by atoms with Crippen molar-refractivity contribution in [1.82, 2.24) is 14.8 Å². The first kappa shape index (κ1) is 12.4. The van der Waals surface area contributed by atoms with E-state index in [-0.39, 0.29) is 0 Å². The van der Waals surface area contributed by atoms with Gasteiger partial charge in [0.2, 0.25) is 0 Å². The Bertz CT molecular complexity index is 744. The molecule has 0 unspecified atom stereocenters. The van der Waals surface area contributed by atoms with E-state index in [2.05, 4.69) is 23.2 Å². The van der Waals surface area contributed by atoms with E-state index in [0.717, 1.165) is 33.9 Å². The average molecular weight is 264 g/mol. The van der Waals surface area contributed by atoms with E-state index >= 15 is 0 Å². The van der Waals surface area contributed by atoms with E-state index in [0.29, 0.717) is 0 Å². The van der Waals surface area contributed by atoms with Crippen molar-refractivity contribution >= 4 is 5.69 Å². The number of aryl methyl sites for hydroxylation is 2. The normalized spacial score (nSPS) is 10.7. The molecule has 0 bridgehead atoms. The maximum Gasteiger partial charge on any atom is 0.170 e. The summed E-state index contributed by atoms with van der Waals surface area (Å²) in [5, 5.41) is 8.27. The molecule has 0 atom stereocenters. The molecule has 3 aromatic rings. The average Bonchev–Trinajstić information content (AvgIpc) is 2.93. The summed E-state index contributed by atoms with van der Waals surface area (Å²) in [5.41, 5.74) is 11.1. The van der Waals surface area contributed by atoms with Crippen LogP contribution in [0.3, 0.4) is 0 Å². The van der Waals surface area contributed by atoms with Gasteiger partial charge in [-0.15, -0.1) is 10.2 Å². The summed E-state index contributed by atoms with van der Waals surface area (Å²) in [7, 11) is 0. The van der Waals surface area contributed by atoms with Gasteiger partial charge in [-0.25, -0.2) is 0 Å². The highest BCUT2D eigenvalue weighted by Gasteiger charge is 2.13. The maximum absolute atomic E-state index is 6.21. The topological polar surface area (TPSA) is 56.7 Å². The first-order valence-corrected chi connectivity index (χ1v) is 6.49. The minimum atomic E-state index is 0.751. The molecular weight excluding hydrogens is 248 g/mol. The second-order valence-electron chi connectivity index (χ2n) is 4.90. The first-order chi connectivity index (χ1) is 9.66. The predicted molar refractivity (Wildman–Crippen MR) is 80.7 cm³/mol. The van der Waals surface area contributed by atoms with Gasteiger partial charge in [-0.3, -0.25) is 4.57 Å². The quantitative estimate of drug-likeness (QED) is 0.723. The largest absolute Gasteiger partial charge is 0.398 e. The van der Waals surface area contributed by atoms with E-state index in [1.54, 1.807) is 6.33 Å². The Balaban J connectivity index is 2.21. The van der Waals surface area contributed by atoms with E-state index < -0.39 is 0 Å². The molecule has 2 N–H and O–H groups in total. The molecule has 0 amide bonds. The van der Waals surface area contributed by atoms with Crippen LogP contribution in [0, 0.1) is 13.8 Å². The Morgan fingerprint density at radius 3 is 2.55 bits per heavy atom. The molecule has 2 aromatic carbocycles. The van der Waals surface area contributed by atoms with Gasteiger partial charge in [0, 0.05) is 16.9 Å². The van der Waals surface area contributed by atoms with Crippen LogP contribution in [0.5, 0.6) is 0 Å². The second kappa shape index (κ2) is 4.81. The third-order valence-corrected chi connectivity index (χ3v) is 3.35. The van der Waals surface area contributed by atoms with Gasteiger partial charge in [0.05, 0.1) is 0 Å². The molecule has 100 valence electrons. The molecule has 0 saturated heterocycles. The Morgan fingerprint density at radius 1 is 1.05 bits per heavy atom. The molecule has 4 heteroatoms. The molecule has 20 heavy (non-hydrogen) atoms. The van der Waals surface area contributed by atoms with Gasteiger partial charge in [0.25, 0.3) is 0 Å². The van der Waals surface area contributed by atoms with Crippen LogP contribution in [0.15, 0.2) is 48.8 Å². The lowest BCUT2D eigenvalue weighted by Gasteiger charge is -2.11. The fourth-order valence-corrected chi connectivity index (χ4v) is 2.36. The van der Waals surface area contributed by atoms with Crippen LogP contribution < -0.4 is 5.73 Å². The van der Waals surface area contributed by atoms with Crippen LogP contribution in [-0.2, 0) is 0 Å². The molecule has 0 aliphatic carbocycles. The van der Waals surface area contributed by atoms with E-state index in [9.17, 15) is 0 Å². The minimum absolute atomic E-state index is 0.751. The fraction of sp³-hybridized carbons (Fsp3) is 0.125. The number of hydrogen-bond acceptors (Lipinski definition) is 3. The van der Waals surface area contributed by atoms with Crippen molar-refractivity contribution < 1.29 is 0 Å². The summed E-state index contributed by atoms with van der Waals surface area (Å²) in [6, 6.07) is 14.1. The highest BCUT2D eigenvalue weighted by molar-refractivity contribution is 5.76. The maximum atomic E-state index is 6.21. The van der Waals surface area contributed by atoms with Gasteiger partial charge >= 0.3 is 0 Å². The highest BCUT2D eigenvalue weighted by Crippen LogP contribution is 2.29. The van der Waals surface area contributed by atoms with Crippen molar-refractivity contribution in [3.05, 3.63) is 59.9 Å². The van der Waals surface area contributed by atoms with Gasteiger partial charge in [-0.1, -0.05) is 24.3 Å². The summed E-state index contributed by atoms with van der Waals surface area (Å²) in [6.07, 6.45) is 1.71. The van der Waals surface area contributed by atoms with Crippen molar-refractivity contribution in [2.75, 3.05) is 5.73 Å². The van der Waals surface area contributed by atoms with Gasteiger partial charge in [0.15, 0.2) is 5.82 Å². The summed E-state index contributed by atoms with van der Waals surface area (Å²) < 4.78 is 1.95. The number of nitrogens with two attached hydrogens (primary N) is 1. The van der Waals surface area contributed by atoms with Crippen LogP contribution >= 0.6 is 0 Å². The first-order valence-electron chi connectivity index (χ1n) is 6.49. The third-order valence-electron chi connectivity index (χ3n) is 3.35. The van der Waals surface area contributed by atoms with Gasteiger partial charge in [-0.2, -0.15) is 0 Å². The SMILES string of the molecule is Cc1cc(C)c(N)c(-c2nncn2-c2ccccc2)c1. The van der Waals surface area contributed by atoms with E-state index in [4.69, 9.17) is 5.73 Å². The fourth-order valence-electron chi connectivity index (χ4n) is 2.36. The molecule has 0 aliphatic heterocycles. The number of para-hydroxylation sites is 1. The van der Waals surface area contributed by atoms with Crippen LogP contribution in [-0.4, -0.2) is 14.8 Å². The molecule has 4 nitrogen and oxygen atoms in total. The monoisotopic (exact) mass is 264 g/mol. The Kier molecular flexibility index (Phi) is 2.99. The molecule has 0 aliphatic rings. The lowest BCUT2D eigenvalue weighted by molar-refractivity contribution is 1.06. The summed E-state index contributed by atoms with van der Waals surface area (Å²) >= 11 is 0. The van der Waals surface area contributed by atoms with Crippen molar-refractivity contribution in [3.63, 3.8) is 0 Å². The van der Waals surface area contributed by atoms with E-state index in [1.807, 2.05) is 47.9 Å². The molecule has 3 rings (SSSR count). The predicted octanol–water partition coefficient (Wildman–Crippen LogP) is 3.13. The van der Waals surface area contributed by atoms with Crippen molar-refractivity contribution in [2.24, 2.45) is 0 Å². The second-order valence-corrected chi connectivity index (χ2v) is 4.90. The standard InChI is InChI=1S/C16H16N4/c1-11-8-12(2)15(17)14(9-11)16-19-18-10-20(16)13-6-4-3-5-7-13/h3-10H,17H2,1-2H3. The summed E-state index contributed by atoms with van der Waals surface area (Å²) in [6.45, 7) is 4.06. The molecule has 0 saturated carbocycles. The number of nitrogen functional groups attached to an aromatic ring is 1. The zero-order valence-electron chi connectivity index (χ0n) is 11.5. The van der Waals surface area contributed by atoms with Gasteiger partial charge < -0.3 is 5.73 Å². The molecule has 0 fully saturated rings. The highest BCUT2D eigenvalue weighted by atomic mass is 15.3. The third kappa shape index (κ3) is 2.05. The van der Waals surface area contributed by atoms with Crippen LogP contribution in [0.4, 0.5) is 5.69 Å². The van der Waals surface area contributed by atoms with E-state index in [1.165, 1.54) is 0 Å². The summed E-state index contributed by atoms with van der Waals surface area (Å²) in [4.78, 5) is 0. The Morgan fingerprint density at radius 2 is 1.80 bits per heavy atom. The number of benzene rings is 2. The Hall–Kier alpha value is -2.62. The van der Waals surface area contributed by atoms with Gasteiger partial charge in [-0.05, 0) is 43.2 Å². The zero-order chi connectivity index (χ0) is 14.1. The molecular formula is C16H16N4. The van der Waals surface area contributed by atoms with Crippen LogP contribution in [0.25, 0.3) is 17.1 Å². The number of anilines is 1. The number of nitrogens with zero attached hydrogens (tertiary/aromatic N) is 3. The van der Waals surface area contributed by atoms with Gasteiger partial charge in [0.1, 0.15) is 6.33 Å². The Labute approximate surface area is 117 Å². The molecule has 1 aromatic heterocycles. The lowest BCUT2D eigenvalue weighted by Crippen LogP contribution is -2.01. The lowest BCUT2D eigenvalue weighted by atomic mass is 10.0. The molecule has 0 spiro atoms. The summed E-state index contributed by atoms with van der Waals surface area (Å²) in [5.74, 6) is 0.764. The minimum Gasteiger partial charge on any atom is -0.398 e. The van der Waals surface area contributed by atoms with Crippen molar-refractivity contribution in [3.8, 4) is 17.1 Å². The molecule has 1 heterocycles. The smallest absolute Gasteiger partial charge is 0.170 e. The van der Waals surface area contributed by atoms with Crippen molar-refractivity contribution in [2.45, 2.75) is 13.8 Å². The zero-order valence-corrected chi connectivity index (χ0v) is 11.5. The van der Waals surface area contributed by atoms with Crippen LogP contribution in [0.2, 0.25) is 0 Å². The number of aromatic nitrogens is 3. The number of hydrogen-bond donors (Lipinski definition) is 1. The van der Waals surface area contributed by atoms with Crippen LogP contribution in [0.1, 0.15) is 11.1 Å². The van der Waals surface area contributed by atoms with Crippen molar-refractivity contribution in [1.29, 1.82) is 0 Å². The number of rotatable bonds is 2. The molecule has 0 radical (unpaired) electrons.